The van der Waals surface area contributed by atoms with Gasteiger partial charge in [0.25, 0.3) is 11.6 Å². The Hall–Kier alpha value is -3.55. The molecule has 0 saturated carbocycles. The lowest BCUT2D eigenvalue weighted by Gasteiger charge is -2.26. The first kappa shape index (κ1) is 22.1. The van der Waals surface area contributed by atoms with Crippen molar-refractivity contribution in [1.29, 1.82) is 5.26 Å². The number of anilines is 1. The minimum absolute atomic E-state index is 0.0741. The van der Waals surface area contributed by atoms with Crippen molar-refractivity contribution in [2.24, 2.45) is 0 Å². The lowest BCUT2D eigenvalue weighted by Crippen LogP contribution is -2.35. The largest absolute Gasteiger partial charge is 0.321 e. The van der Waals surface area contributed by atoms with E-state index in [9.17, 15) is 28.6 Å². The summed E-state index contributed by atoms with van der Waals surface area (Å²) in [6.45, 7) is 0.935. The number of rotatable bonds is 6. The molecule has 2 aromatic rings. The molecule has 1 fully saturated rings. The van der Waals surface area contributed by atoms with Gasteiger partial charge in [0.2, 0.25) is 10.0 Å². The molecule has 3 rings (SSSR count). The molecule has 0 unspecified atom stereocenters. The van der Waals surface area contributed by atoms with E-state index in [4.69, 9.17) is 0 Å². The van der Waals surface area contributed by atoms with Crippen LogP contribution in [0.25, 0.3) is 6.08 Å². The van der Waals surface area contributed by atoms with Crippen LogP contribution in [0.5, 0.6) is 0 Å². The van der Waals surface area contributed by atoms with E-state index in [1.807, 2.05) is 0 Å². The van der Waals surface area contributed by atoms with Gasteiger partial charge in [-0.25, -0.2) is 8.42 Å². The standard InChI is InChI=1S/C21H20N4O5S/c22-15-17(13-16-7-9-19(10-8-16)25(27)28)21(26)23-18-5-4-6-20(14-18)31(29,30)24-11-2-1-3-12-24/h4-10,13-14H,1-3,11-12H2,(H,23,26)/b17-13+. The van der Waals surface area contributed by atoms with Crippen molar-refractivity contribution < 1.29 is 18.1 Å². The molecule has 1 aliphatic heterocycles. The van der Waals surface area contributed by atoms with Crippen molar-refractivity contribution in [3.05, 3.63) is 69.8 Å². The van der Waals surface area contributed by atoms with Crippen LogP contribution in [0.1, 0.15) is 24.8 Å². The highest BCUT2D eigenvalue weighted by Gasteiger charge is 2.26. The number of amides is 1. The molecule has 1 aliphatic rings. The first-order valence-corrected chi connectivity index (χ1v) is 11.0. The Balaban J connectivity index is 1.78. The van der Waals surface area contributed by atoms with Gasteiger partial charge in [-0.3, -0.25) is 14.9 Å². The number of nitrogens with zero attached hydrogens (tertiary/aromatic N) is 3. The number of non-ortho nitro benzene ring substituents is 1. The molecule has 0 bridgehead atoms. The summed E-state index contributed by atoms with van der Waals surface area (Å²) < 4.78 is 27.1. The SMILES string of the molecule is N#C/C(=C\c1ccc([N+](=O)[O-])cc1)C(=O)Nc1cccc(S(=O)(=O)N2CCCCC2)c1. The number of sulfonamides is 1. The van der Waals surface area contributed by atoms with Crippen LogP contribution in [-0.2, 0) is 14.8 Å². The second-order valence-electron chi connectivity index (χ2n) is 6.97. The fraction of sp³-hybridized carbons (Fsp3) is 0.238. The maximum atomic E-state index is 12.8. The molecule has 1 N–H and O–H groups in total. The maximum Gasteiger partial charge on any atom is 0.269 e. The van der Waals surface area contributed by atoms with E-state index < -0.39 is 20.9 Å². The summed E-state index contributed by atoms with van der Waals surface area (Å²) in [4.78, 5) is 22.8. The molecule has 0 spiro atoms. The van der Waals surface area contributed by atoms with Gasteiger partial charge in [-0.1, -0.05) is 12.5 Å². The topological polar surface area (TPSA) is 133 Å². The molecule has 0 aromatic heterocycles. The van der Waals surface area contributed by atoms with Gasteiger partial charge in [0, 0.05) is 30.9 Å². The summed E-state index contributed by atoms with van der Waals surface area (Å²) in [5, 5.41) is 22.6. The van der Waals surface area contributed by atoms with E-state index >= 15 is 0 Å². The highest BCUT2D eigenvalue weighted by atomic mass is 32.2. The minimum Gasteiger partial charge on any atom is -0.321 e. The molecule has 0 radical (unpaired) electrons. The van der Waals surface area contributed by atoms with Gasteiger partial charge in [-0.15, -0.1) is 0 Å². The average Bonchev–Trinajstić information content (AvgIpc) is 2.78. The molecule has 2 aromatic carbocycles. The molecule has 1 heterocycles. The molecule has 1 amide bonds. The predicted molar refractivity (Wildman–Crippen MR) is 114 cm³/mol. The van der Waals surface area contributed by atoms with E-state index in [0.29, 0.717) is 18.7 Å². The summed E-state index contributed by atoms with van der Waals surface area (Å²) in [5.41, 5.74) is 0.358. The number of piperidine rings is 1. The van der Waals surface area contributed by atoms with Gasteiger partial charge in [-0.2, -0.15) is 9.57 Å². The van der Waals surface area contributed by atoms with E-state index in [1.165, 1.54) is 58.9 Å². The zero-order chi connectivity index (χ0) is 22.4. The fourth-order valence-electron chi connectivity index (χ4n) is 3.19. The summed E-state index contributed by atoms with van der Waals surface area (Å²) in [6.07, 6.45) is 3.93. The number of carbonyl (C=O) groups is 1. The van der Waals surface area contributed by atoms with Gasteiger partial charge in [0.1, 0.15) is 11.6 Å². The lowest BCUT2D eigenvalue weighted by molar-refractivity contribution is -0.384. The summed E-state index contributed by atoms with van der Waals surface area (Å²) >= 11 is 0. The van der Waals surface area contributed by atoms with Crippen LogP contribution in [0.3, 0.4) is 0 Å². The van der Waals surface area contributed by atoms with Crippen LogP contribution in [0, 0.1) is 21.4 Å². The Labute approximate surface area is 179 Å². The third-order valence-corrected chi connectivity index (χ3v) is 6.72. The number of hydrogen-bond acceptors (Lipinski definition) is 6. The molecule has 0 aliphatic carbocycles. The Kier molecular flexibility index (Phi) is 6.79. The number of nitro groups is 1. The van der Waals surface area contributed by atoms with Crippen molar-refractivity contribution in [2.45, 2.75) is 24.2 Å². The fourth-order valence-corrected chi connectivity index (χ4v) is 4.76. The van der Waals surface area contributed by atoms with Crippen LogP contribution >= 0.6 is 0 Å². The zero-order valence-electron chi connectivity index (χ0n) is 16.5. The number of benzene rings is 2. The normalized spacial score (nSPS) is 15.1. The maximum absolute atomic E-state index is 12.8. The van der Waals surface area contributed by atoms with E-state index in [1.54, 1.807) is 6.07 Å². The third-order valence-electron chi connectivity index (χ3n) is 4.82. The van der Waals surface area contributed by atoms with E-state index in [0.717, 1.165) is 19.3 Å². The summed E-state index contributed by atoms with van der Waals surface area (Å²) in [5.74, 6) is -0.714. The highest BCUT2D eigenvalue weighted by Crippen LogP contribution is 2.23. The Bertz CT molecular complexity index is 1160. The van der Waals surface area contributed by atoms with Gasteiger partial charge in [-0.05, 0) is 54.8 Å². The molecule has 31 heavy (non-hydrogen) atoms. The smallest absolute Gasteiger partial charge is 0.269 e. The van der Waals surface area contributed by atoms with Crippen molar-refractivity contribution in [3.63, 3.8) is 0 Å². The minimum atomic E-state index is -3.66. The van der Waals surface area contributed by atoms with Crippen LogP contribution in [0.15, 0.2) is 59.0 Å². The molecule has 0 atom stereocenters. The Morgan fingerprint density at radius 1 is 1.13 bits per heavy atom. The van der Waals surface area contributed by atoms with Crippen molar-refractivity contribution in [2.75, 3.05) is 18.4 Å². The first-order chi connectivity index (χ1) is 14.8. The van der Waals surface area contributed by atoms with Crippen molar-refractivity contribution in [1.82, 2.24) is 4.31 Å². The monoisotopic (exact) mass is 440 g/mol. The summed E-state index contributed by atoms with van der Waals surface area (Å²) in [6, 6.07) is 13.1. The number of hydrogen-bond donors (Lipinski definition) is 1. The van der Waals surface area contributed by atoms with Gasteiger partial charge in [0.05, 0.1) is 9.82 Å². The van der Waals surface area contributed by atoms with Gasteiger partial charge < -0.3 is 5.32 Å². The molecular formula is C21H20N4O5S. The molecule has 160 valence electrons. The van der Waals surface area contributed by atoms with E-state index in [2.05, 4.69) is 5.32 Å². The lowest BCUT2D eigenvalue weighted by atomic mass is 10.1. The van der Waals surface area contributed by atoms with Gasteiger partial charge in [0.15, 0.2) is 0 Å². The van der Waals surface area contributed by atoms with Gasteiger partial charge >= 0.3 is 0 Å². The predicted octanol–water partition coefficient (Wildman–Crippen LogP) is 3.32. The summed E-state index contributed by atoms with van der Waals surface area (Å²) in [7, 11) is -3.66. The van der Waals surface area contributed by atoms with Crippen LogP contribution in [0.4, 0.5) is 11.4 Å². The number of nitro benzene ring substituents is 1. The second kappa shape index (κ2) is 9.51. The number of carbonyl (C=O) groups excluding carboxylic acids is 1. The molecule has 9 nitrogen and oxygen atoms in total. The van der Waals surface area contributed by atoms with Crippen LogP contribution in [-0.4, -0.2) is 36.6 Å². The van der Waals surface area contributed by atoms with Crippen LogP contribution in [0.2, 0.25) is 0 Å². The Morgan fingerprint density at radius 3 is 2.42 bits per heavy atom. The quantitative estimate of drug-likeness (QED) is 0.317. The first-order valence-electron chi connectivity index (χ1n) is 9.59. The molecular weight excluding hydrogens is 420 g/mol. The zero-order valence-corrected chi connectivity index (χ0v) is 17.3. The van der Waals surface area contributed by atoms with Crippen molar-refractivity contribution in [3.8, 4) is 6.07 Å². The highest BCUT2D eigenvalue weighted by molar-refractivity contribution is 7.89. The average molecular weight is 440 g/mol. The van der Waals surface area contributed by atoms with Crippen LogP contribution < -0.4 is 5.32 Å². The number of nitrogens with one attached hydrogen (secondary N) is 1. The Morgan fingerprint density at radius 2 is 1.81 bits per heavy atom. The number of nitriles is 1. The van der Waals surface area contributed by atoms with Crippen molar-refractivity contribution >= 4 is 33.4 Å². The molecule has 10 heteroatoms. The third kappa shape index (κ3) is 5.33. The molecule has 1 saturated heterocycles. The second-order valence-corrected chi connectivity index (χ2v) is 8.90. The van der Waals surface area contributed by atoms with E-state index in [-0.39, 0.29) is 21.8 Å².